The van der Waals surface area contributed by atoms with Crippen molar-refractivity contribution in [1.82, 2.24) is 4.98 Å². The van der Waals surface area contributed by atoms with Crippen molar-refractivity contribution < 1.29 is 9.90 Å². The highest BCUT2D eigenvalue weighted by Crippen LogP contribution is 2.15. The van der Waals surface area contributed by atoms with Crippen LogP contribution in [0.1, 0.15) is 30.0 Å². The number of aromatic carboxylic acids is 1. The van der Waals surface area contributed by atoms with Gasteiger partial charge in [-0.2, -0.15) is 11.8 Å². The van der Waals surface area contributed by atoms with E-state index in [-0.39, 0.29) is 5.69 Å². The lowest BCUT2D eigenvalue weighted by molar-refractivity contribution is 0.0690. The maximum absolute atomic E-state index is 10.6. The Kier molecular flexibility index (Phi) is 3.95. The van der Waals surface area contributed by atoms with Crippen molar-refractivity contribution in [3.05, 3.63) is 29.6 Å². The van der Waals surface area contributed by atoms with Crippen LogP contribution in [0.5, 0.6) is 0 Å². The standard InChI is InChI=1S/C10H13NO2S/c1-7(2)14-6-8-4-3-5-9(11-8)10(12)13/h3-5,7H,6H2,1-2H3,(H,12,13). The molecule has 0 unspecified atom stereocenters. The molecule has 0 fully saturated rings. The van der Waals surface area contributed by atoms with Gasteiger partial charge >= 0.3 is 5.97 Å². The molecule has 0 spiro atoms. The molecule has 0 radical (unpaired) electrons. The van der Waals surface area contributed by atoms with Crippen LogP contribution in [-0.2, 0) is 5.75 Å². The Morgan fingerprint density at radius 1 is 1.57 bits per heavy atom. The summed E-state index contributed by atoms with van der Waals surface area (Å²) in [6, 6.07) is 5.08. The van der Waals surface area contributed by atoms with Gasteiger partial charge in [-0.3, -0.25) is 0 Å². The molecule has 1 heterocycles. The van der Waals surface area contributed by atoms with Gasteiger partial charge in [0.15, 0.2) is 0 Å². The van der Waals surface area contributed by atoms with E-state index in [1.54, 1.807) is 17.8 Å². The second-order valence-corrected chi connectivity index (χ2v) is 4.74. The third-order valence-electron chi connectivity index (χ3n) is 1.59. The van der Waals surface area contributed by atoms with Crippen LogP contribution in [-0.4, -0.2) is 21.3 Å². The molecular formula is C10H13NO2S. The average Bonchev–Trinajstić information content (AvgIpc) is 2.15. The van der Waals surface area contributed by atoms with Gasteiger partial charge < -0.3 is 5.11 Å². The summed E-state index contributed by atoms with van der Waals surface area (Å²) in [7, 11) is 0. The normalized spacial score (nSPS) is 10.5. The molecule has 0 bridgehead atoms. The van der Waals surface area contributed by atoms with Gasteiger partial charge in [-0.1, -0.05) is 19.9 Å². The van der Waals surface area contributed by atoms with Crippen LogP contribution in [0.25, 0.3) is 0 Å². The van der Waals surface area contributed by atoms with E-state index in [1.807, 2.05) is 6.07 Å². The highest BCUT2D eigenvalue weighted by atomic mass is 32.2. The van der Waals surface area contributed by atoms with Gasteiger partial charge in [-0.25, -0.2) is 9.78 Å². The molecule has 1 aromatic heterocycles. The summed E-state index contributed by atoms with van der Waals surface area (Å²) < 4.78 is 0. The van der Waals surface area contributed by atoms with E-state index in [2.05, 4.69) is 18.8 Å². The lowest BCUT2D eigenvalue weighted by Crippen LogP contribution is -2.02. The summed E-state index contributed by atoms with van der Waals surface area (Å²) >= 11 is 1.75. The first-order valence-corrected chi connectivity index (χ1v) is 5.45. The summed E-state index contributed by atoms with van der Waals surface area (Å²) in [5.41, 5.74) is 0.940. The highest BCUT2D eigenvalue weighted by molar-refractivity contribution is 7.99. The molecule has 0 aromatic carbocycles. The van der Waals surface area contributed by atoms with E-state index >= 15 is 0 Å². The van der Waals surface area contributed by atoms with E-state index in [0.717, 1.165) is 11.4 Å². The highest BCUT2D eigenvalue weighted by Gasteiger charge is 2.05. The lowest BCUT2D eigenvalue weighted by Gasteiger charge is -2.04. The molecule has 4 heteroatoms. The molecule has 0 aliphatic rings. The number of thioether (sulfide) groups is 1. The Balaban J connectivity index is 2.69. The van der Waals surface area contributed by atoms with Crippen molar-refractivity contribution in [2.75, 3.05) is 0 Å². The first-order chi connectivity index (χ1) is 6.59. The van der Waals surface area contributed by atoms with Crippen molar-refractivity contribution in [1.29, 1.82) is 0 Å². The van der Waals surface area contributed by atoms with Crippen molar-refractivity contribution in [2.45, 2.75) is 24.9 Å². The first-order valence-electron chi connectivity index (χ1n) is 4.40. The van der Waals surface area contributed by atoms with E-state index in [4.69, 9.17) is 5.11 Å². The van der Waals surface area contributed by atoms with Crippen LogP contribution < -0.4 is 0 Å². The number of carboxylic acid groups (broad SMARTS) is 1. The Morgan fingerprint density at radius 3 is 2.86 bits per heavy atom. The van der Waals surface area contributed by atoms with Gasteiger partial charge in [-0.05, 0) is 17.4 Å². The number of pyridine rings is 1. The topological polar surface area (TPSA) is 50.2 Å². The van der Waals surface area contributed by atoms with Crippen molar-refractivity contribution >= 4 is 17.7 Å². The van der Waals surface area contributed by atoms with Crippen LogP contribution in [0.3, 0.4) is 0 Å². The number of carboxylic acids is 1. The number of aromatic nitrogens is 1. The predicted molar refractivity (Wildman–Crippen MR) is 57.6 cm³/mol. The smallest absolute Gasteiger partial charge is 0.354 e. The number of nitrogens with zero attached hydrogens (tertiary/aromatic N) is 1. The molecule has 0 atom stereocenters. The van der Waals surface area contributed by atoms with Crippen LogP contribution in [0.15, 0.2) is 18.2 Å². The summed E-state index contributed by atoms with van der Waals surface area (Å²) in [6.45, 7) is 4.21. The second kappa shape index (κ2) is 5.00. The second-order valence-electron chi connectivity index (χ2n) is 3.18. The van der Waals surface area contributed by atoms with Crippen molar-refractivity contribution in [3.63, 3.8) is 0 Å². The summed E-state index contributed by atoms with van der Waals surface area (Å²) in [5.74, 6) is -0.208. The number of rotatable bonds is 4. The molecular weight excluding hydrogens is 198 g/mol. The minimum absolute atomic E-state index is 0.117. The predicted octanol–water partition coefficient (Wildman–Crippen LogP) is 2.42. The molecule has 1 aromatic rings. The molecule has 0 saturated carbocycles. The first kappa shape index (κ1) is 11.0. The maximum atomic E-state index is 10.6. The Hall–Kier alpha value is -1.03. The minimum atomic E-state index is -0.971. The summed E-state index contributed by atoms with van der Waals surface area (Å²) in [6.07, 6.45) is 0. The van der Waals surface area contributed by atoms with Gasteiger partial charge in [0.2, 0.25) is 0 Å². The van der Waals surface area contributed by atoms with Crippen molar-refractivity contribution in [2.24, 2.45) is 0 Å². The molecule has 0 aliphatic carbocycles. The van der Waals surface area contributed by atoms with Gasteiger partial charge in [0.05, 0.1) is 5.69 Å². The zero-order valence-electron chi connectivity index (χ0n) is 8.23. The number of hydrogen-bond acceptors (Lipinski definition) is 3. The van der Waals surface area contributed by atoms with E-state index in [0.29, 0.717) is 5.25 Å². The van der Waals surface area contributed by atoms with Crippen LogP contribution in [0.4, 0.5) is 0 Å². The van der Waals surface area contributed by atoms with E-state index in [9.17, 15) is 4.79 Å². The van der Waals surface area contributed by atoms with Gasteiger partial charge in [-0.15, -0.1) is 0 Å². The lowest BCUT2D eigenvalue weighted by atomic mass is 10.3. The molecule has 76 valence electrons. The monoisotopic (exact) mass is 211 g/mol. The largest absolute Gasteiger partial charge is 0.477 e. The molecule has 0 amide bonds. The molecule has 0 saturated heterocycles. The third-order valence-corrected chi connectivity index (χ3v) is 2.72. The zero-order valence-corrected chi connectivity index (χ0v) is 9.04. The van der Waals surface area contributed by atoms with Crippen LogP contribution >= 0.6 is 11.8 Å². The van der Waals surface area contributed by atoms with E-state index in [1.165, 1.54) is 6.07 Å². The van der Waals surface area contributed by atoms with Gasteiger partial charge in [0, 0.05) is 5.75 Å². The van der Waals surface area contributed by atoms with Crippen LogP contribution in [0, 0.1) is 0 Å². The minimum Gasteiger partial charge on any atom is -0.477 e. The number of carbonyl (C=O) groups is 1. The molecule has 0 aliphatic heterocycles. The van der Waals surface area contributed by atoms with Gasteiger partial charge in [0.1, 0.15) is 5.69 Å². The Bertz CT molecular complexity index is 326. The molecule has 3 nitrogen and oxygen atoms in total. The number of hydrogen-bond donors (Lipinski definition) is 1. The Morgan fingerprint density at radius 2 is 2.29 bits per heavy atom. The SMILES string of the molecule is CC(C)SCc1cccc(C(=O)O)n1. The maximum Gasteiger partial charge on any atom is 0.354 e. The van der Waals surface area contributed by atoms with Crippen LogP contribution in [0.2, 0.25) is 0 Å². The third kappa shape index (κ3) is 3.38. The fourth-order valence-corrected chi connectivity index (χ4v) is 1.60. The van der Waals surface area contributed by atoms with Crippen molar-refractivity contribution in [3.8, 4) is 0 Å². The fraction of sp³-hybridized carbons (Fsp3) is 0.400. The van der Waals surface area contributed by atoms with Gasteiger partial charge in [0.25, 0.3) is 0 Å². The quantitative estimate of drug-likeness (QED) is 0.831. The molecule has 1 rings (SSSR count). The zero-order chi connectivity index (χ0) is 10.6. The van der Waals surface area contributed by atoms with E-state index < -0.39 is 5.97 Å². The average molecular weight is 211 g/mol. The summed E-state index contributed by atoms with van der Waals surface area (Å²) in [4.78, 5) is 14.6. The fourth-order valence-electron chi connectivity index (χ4n) is 0.931. The summed E-state index contributed by atoms with van der Waals surface area (Å²) in [5, 5.41) is 9.25. The Labute approximate surface area is 87.6 Å². The molecule has 1 N–H and O–H groups in total. The molecule has 14 heavy (non-hydrogen) atoms.